The van der Waals surface area contributed by atoms with E-state index in [1.807, 2.05) is 0 Å². The van der Waals surface area contributed by atoms with Gasteiger partial charge in [0.2, 0.25) is 0 Å². The number of hydrogen-bond donors (Lipinski definition) is 2. The first-order chi connectivity index (χ1) is 12.0. The van der Waals surface area contributed by atoms with Gasteiger partial charge in [-0.25, -0.2) is 9.78 Å². The molecule has 2 N–H and O–H groups in total. The van der Waals surface area contributed by atoms with Crippen LogP contribution < -0.4 is 16.3 Å². The van der Waals surface area contributed by atoms with Crippen LogP contribution in [-0.2, 0) is 4.79 Å². The third-order valence-corrected chi connectivity index (χ3v) is 5.44. The number of carbonyl (C=O) groups is 3. The normalized spacial score (nSPS) is 19.4. The number of thiazole rings is 1. The maximum absolute atomic E-state index is 12.6. The van der Waals surface area contributed by atoms with E-state index in [1.165, 1.54) is 21.9 Å². The Morgan fingerprint density at radius 3 is 2.76 bits per heavy atom. The van der Waals surface area contributed by atoms with Gasteiger partial charge in [0, 0.05) is 17.8 Å². The SMILES string of the molecule is O=C(NN1C(=O)NC2(CCCCC2)C1=O)c1cnc2sccn2c1=O. The summed E-state index contributed by atoms with van der Waals surface area (Å²) in [6, 6.07) is -0.676. The standard InChI is InChI=1S/C15H15N5O4S/c21-10(9-8-16-14-19(11(9)22)6-7-25-14)18-20-12(23)15(17-13(20)24)4-2-1-3-5-15/h6-8H,1-5H2,(H,17,24)(H,18,21). The lowest BCUT2D eigenvalue weighted by molar-refractivity contribution is -0.134. The van der Waals surface area contributed by atoms with Crippen LogP contribution in [0.2, 0.25) is 0 Å². The number of fused-ring (bicyclic) bond motifs is 1. The molecule has 10 heteroatoms. The summed E-state index contributed by atoms with van der Waals surface area (Å²) in [7, 11) is 0. The highest BCUT2D eigenvalue weighted by atomic mass is 32.1. The Balaban J connectivity index is 1.59. The lowest BCUT2D eigenvalue weighted by Gasteiger charge is -2.30. The van der Waals surface area contributed by atoms with Crippen molar-refractivity contribution in [3.05, 3.63) is 33.7 Å². The summed E-state index contributed by atoms with van der Waals surface area (Å²) in [6.45, 7) is 0. The van der Waals surface area contributed by atoms with E-state index in [9.17, 15) is 19.2 Å². The molecular weight excluding hydrogens is 346 g/mol. The second-order valence-electron chi connectivity index (χ2n) is 6.19. The van der Waals surface area contributed by atoms with Crippen molar-refractivity contribution in [1.82, 2.24) is 25.1 Å². The van der Waals surface area contributed by atoms with Crippen molar-refractivity contribution in [2.75, 3.05) is 0 Å². The number of imide groups is 1. The molecule has 2 aromatic rings. The first-order valence-electron chi connectivity index (χ1n) is 7.94. The van der Waals surface area contributed by atoms with Crippen molar-refractivity contribution in [2.45, 2.75) is 37.6 Å². The Hall–Kier alpha value is -2.75. The number of hydrogen-bond acceptors (Lipinski definition) is 6. The van der Waals surface area contributed by atoms with E-state index >= 15 is 0 Å². The zero-order chi connectivity index (χ0) is 17.6. The van der Waals surface area contributed by atoms with Crippen LogP contribution >= 0.6 is 11.3 Å². The molecular formula is C15H15N5O4S. The predicted molar refractivity (Wildman–Crippen MR) is 88.0 cm³/mol. The maximum Gasteiger partial charge on any atom is 0.344 e. The van der Waals surface area contributed by atoms with Gasteiger partial charge in [-0.3, -0.25) is 24.2 Å². The van der Waals surface area contributed by atoms with E-state index in [-0.39, 0.29) is 5.56 Å². The summed E-state index contributed by atoms with van der Waals surface area (Å²) in [4.78, 5) is 54.0. The summed E-state index contributed by atoms with van der Waals surface area (Å²) < 4.78 is 1.24. The topological polar surface area (TPSA) is 113 Å². The van der Waals surface area contributed by atoms with Gasteiger partial charge >= 0.3 is 6.03 Å². The third-order valence-electron chi connectivity index (χ3n) is 4.67. The van der Waals surface area contributed by atoms with Gasteiger partial charge in [-0.05, 0) is 12.8 Å². The molecule has 2 fully saturated rings. The summed E-state index contributed by atoms with van der Waals surface area (Å²) in [5.41, 5.74) is 0.522. The fourth-order valence-electron chi connectivity index (χ4n) is 3.36. The average molecular weight is 361 g/mol. The average Bonchev–Trinajstić information content (AvgIpc) is 3.16. The van der Waals surface area contributed by atoms with Gasteiger partial charge in [0.25, 0.3) is 17.4 Å². The van der Waals surface area contributed by atoms with E-state index in [0.717, 1.165) is 25.5 Å². The zero-order valence-electron chi connectivity index (χ0n) is 13.2. The molecule has 130 valence electrons. The molecule has 1 aliphatic heterocycles. The van der Waals surface area contributed by atoms with Gasteiger partial charge in [0.15, 0.2) is 4.96 Å². The van der Waals surface area contributed by atoms with Crippen LogP contribution in [0.3, 0.4) is 0 Å². The monoisotopic (exact) mass is 361 g/mol. The highest BCUT2D eigenvalue weighted by Gasteiger charge is 2.52. The Kier molecular flexibility index (Phi) is 3.57. The summed E-state index contributed by atoms with van der Waals surface area (Å²) >= 11 is 1.26. The van der Waals surface area contributed by atoms with Crippen LogP contribution in [0.15, 0.2) is 22.6 Å². The second-order valence-corrected chi connectivity index (χ2v) is 7.06. The van der Waals surface area contributed by atoms with E-state index in [2.05, 4.69) is 15.7 Å². The van der Waals surface area contributed by atoms with Gasteiger partial charge in [-0.15, -0.1) is 11.3 Å². The van der Waals surface area contributed by atoms with Crippen LogP contribution in [0.25, 0.3) is 4.96 Å². The molecule has 4 rings (SSSR count). The molecule has 2 aromatic heterocycles. The van der Waals surface area contributed by atoms with Gasteiger partial charge in [0.05, 0.1) is 0 Å². The molecule has 2 aliphatic rings. The van der Waals surface area contributed by atoms with Crippen molar-refractivity contribution < 1.29 is 14.4 Å². The summed E-state index contributed by atoms with van der Waals surface area (Å²) in [5, 5.41) is 5.04. The minimum Gasteiger partial charge on any atom is -0.322 e. The Morgan fingerprint density at radius 2 is 2.00 bits per heavy atom. The van der Waals surface area contributed by atoms with E-state index in [1.54, 1.807) is 5.38 Å². The molecule has 9 nitrogen and oxygen atoms in total. The largest absolute Gasteiger partial charge is 0.344 e. The molecule has 25 heavy (non-hydrogen) atoms. The molecule has 4 amide bonds. The van der Waals surface area contributed by atoms with Crippen LogP contribution in [-0.4, -0.2) is 37.8 Å². The van der Waals surface area contributed by atoms with E-state index < -0.39 is 28.9 Å². The van der Waals surface area contributed by atoms with Crippen LogP contribution in [0.4, 0.5) is 4.79 Å². The maximum atomic E-state index is 12.6. The summed E-state index contributed by atoms with van der Waals surface area (Å²) in [5.74, 6) is -1.32. The Morgan fingerprint density at radius 1 is 1.24 bits per heavy atom. The second kappa shape index (κ2) is 5.66. The van der Waals surface area contributed by atoms with Gasteiger partial charge in [-0.1, -0.05) is 19.3 Å². The number of urea groups is 1. The van der Waals surface area contributed by atoms with Crippen molar-refractivity contribution in [3.8, 4) is 0 Å². The molecule has 0 bridgehead atoms. The van der Waals surface area contributed by atoms with Gasteiger partial charge in [0.1, 0.15) is 11.1 Å². The molecule has 3 heterocycles. The molecule has 1 spiro atoms. The highest BCUT2D eigenvalue weighted by molar-refractivity contribution is 7.15. The first-order valence-corrected chi connectivity index (χ1v) is 8.82. The van der Waals surface area contributed by atoms with Crippen molar-refractivity contribution in [1.29, 1.82) is 0 Å². The van der Waals surface area contributed by atoms with Crippen LogP contribution in [0.5, 0.6) is 0 Å². The Bertz CT molecular complexity index is 943. The van der Waals surface area contributed by atoms with Crippen LogP contribution in [0.1, 0.15) is 42.5 Å². The molecule has 1 saturated carbocycles. The van der Waals surface area contributed by atoms with Gasteiger partial charge < -0.3 is 5.32 Å². The Labute approximate surface area is 145 Å². The van der Waals surface area contributed by atoms with E-state index in [4.69, 9.17) is 0 Å². The number of amides is 4. The summed E-state index contributed by atoms with van der Waals surface area (Å²) in [6.07, 6.45) is 6.46. The first kappa shape index (κ1) is 15.8. The minimum absolute atomic E-state index is 0.235. The smallest absolute Gasteiger partial charge is 0.322 e. The molecule has 0 aromatic carbocycles. The van der Waals surface area contributed by atoms with Crippen LogP contribution in [0, 0.1) is 0 Å². The molecule has 1 aliphatic carbocycles. The number of nitrogens with one attached hydrogen (secondary N) is 2. The number of carbonyl (C=O) groups excluding carboxylic acids is 3. The fourth-order valence-corrected chi connectivity index (χ4v) is 4.03. The number of aromatic nitrogens is 2. The van der Waals surface area contributed by atoms with Crippen molar-refractivity contribution >= 4 is 34.1 Å². The zero-order valence-corrected chi connectivity index (χ0v) is 14.0. The van der Waals surface area contributed by atoms with E-state index in [0.29, 0.717) is 22.8 Å². The van der Waals surface area contributed by atoms with Crippen molar-refractivity contribution in [2.24, 2.45) is 0 Å². The molecule has 0 atom stereocenters. The number of hydrazine groups is 1. The minimum atomic E-state index is -0.937. The molecule has 0 unspecified atom stereocenters. The molecule has 1 saturated heterocycles. The number of nitrogens with zero attached hydrogens (tertiary/aromatic N) is 3. The van der Waals surface area contributed by atoms with Crippen molar-refractivity contribution in [3.63, 3.8) is 0 Å². The third kappa shape index (κ3) is 2.40. The van der Waals surface area contributed by atoms with Gasteiger partial charge in [-0.2, -0.15) is 5.01 Å². The molecule has 0 radical (unpaired) electrons. The lowest BCUT2D eigenvalue weighted by Crippen LogP contribution is -2.51. The lowest BCUT2D eigenvalue weighted by atomic mass is 9.82. The highest BCUT2D eigenvalue weighted by Crippen LogP contribution is 2.33. The quantitative estimate of drug-likeness (QED) is 0.763. The predicted octanol–water partition coefficient (Wildman–Crippen LogP) is 0.655. The number of rotatable bonds is 2. The fraction of sp³-hybridized carbons (Fsp3) is 0.400.